The van der Waals surface area contributed by atoms with Gasteiger partial charge in [-0.15, -0.1) is 12.6 Å². The molecule has 1 nitrogen and oxygen atoms in total. The summed E-state index contributed by atoms with van der Waals surface area (Å²) >= 11 is 3.70. The van der Waals surface area contributed by atoms with Gasteiger partial charge in [0.05, 0.1) is 0 Å². The maximum atomic E-state index is 10.6. The van der Waals surface area contributed by atoms with Gasteiger partial charge in [-0.2, -0.15) is 0 Å². The lowest BCUT2D eigenvalue weighted by molar-refractivity contribution is -0.110. The topological polar surface area (TPSA) is 17.1 Å². The van der Waals surface area contributed by atoms with Crippen molar-refractivity contribution in [2.45, 2.75) is 13.3 Å². The highest BCUT2D eigenvalue weighted by molar-refractivity contribution is 7.96. The Morgan fingerprint density at radius 3 is 2.36 bits per heavy atom. The second kappa shape index (κ2) is 3.58. The van der Waals surface area contributed by atoms with Gasteiger partial charge in [-0.3, -0.25) is 4.79 Å². The van der Waals surface area contributed by atoms with Gasteiger partial charge < -0.3 is 0 Å². The van der Waals surface area contributed by atoms with Crippen LogP contribution in [0.25, 0.3) is 0 Å². The Morgan fingerprint density at radius 2 is 1.91 bits per heavy atom. The zero-order chi connectivity index (χ0) is 8.27. The van der Waals surface area contributed by atoms with Gasteiger partial charge in [0.25, 0.3) is 0 Å². The predicted molar refractivity (Wildman–Crippen MR) is 48.9 cm³/mol. The van der Waals surface area contributed by atoms with Crippen molar-refractivity contribution in [1.82, 2.24) is 0 Å². The van der Waals surface area contributed by atoms with Crippen molar-refractivity contribution in [3.63, 3.8) is 0 Å². The van der Waals surface area contributed by atoms with Crippen molar-refractivity contribution < 1.29 is 4.79 Å². The van der Waals surface area contributed by atoms with Gasteiger partial charge in [0.2, 0.25) is 0 Å². The van der Waals surface area contributed by atoms with Gasteiger partial charge in [-0.1, -0.05) is 29.8 Å². The molecule has 0 aliphatic rings. The van der Waals surface area contributed by atoms with Crippen LogP contribution in [0.1, 0.15) is 11.1 Å². The third-order valence-corrected chi connectivity index (χ3v) is 1.63. The first-order chi connectivity index (χ1) is 5.18. The molecule has 58 valence electrons. The summed E-state index contributed by atoms with van der Waals surface area (Å²) < 4.78 is 0. The second-order valence-corrected chi connectivity index (χ2v) is 3.05. The lowest BCUT2D eigenvalue weighted by Crippen LogP contribution is -1.92. The van der Waals surface area contributed by atoms with Crippen molar-refractivity contribution >= 4 is 17.7 Å². The van der Waals surface area contributed by atoms with Gasteiger partial charge in [-0.25, -0.2) is 0 Å². The van der Waals surface area contributed by atoms with E-state index < -0.39 is 0 Å². The highest BCUT2D eigenvalue weighted by Gasteiger charge is 1.96. The summed E-state index contributed by atoms with van der Waals surface area (Å²) in [5.41, 5.74) is 2.23. The van der Waals surface area contributed by atoms with Gasteiger partial charge in [-0.05, 0) is 12.5 Å². The highest BCUT2D eigenvalue weighted by Crippen LogP contribution is 2.04. The summed E-state index contributed by atoms with van der Waals surface area (Å²) in [5.74, 6) is 0. The number of carbonyl (C=O) groups is 1. The first-order valence-electron chi connectivity index (χ1n) is 3.46. The van der Waals surface area contributed by atoms with Crippen molar-refractivity contribution in [2.24, 2.45) is 0 Å². The van der Waals surface area contributed by atoms with Gasteiger partial charge in [0, 0.05) is 6.42 Å². The number of benzene rings is 1. The summed E-state index contributed by atoms with van der Waals surface area (Å²) in [6, 6.07) is 7.88. The molecule has 11 heavy (non-hydrogen) atoms. The number of thiol groups is 1. The summed E-state index contributed by atoms with van der Waals surface area (Å²) in [6.45, 7) is 2.02. The van der Waals surface area contributed by atoms with Crippen molar-refractivity contribution in [1.29, 1.82) is 0 Å². The monoisotopic (exact) mass is 166 g/mol. The van der Waals surface area contributed by atoms with Crippen LogP contribution < -0.4 is 0 Å². The molecule has 0 spiro atoms. The molecule has 0 saturated heterocycles. The van der Waals surface area contributed by atoms with Crippen LogP contribution in [0.3, 0.4) is 0 Å². The average molecular weight is 166 g/mol. The SMILES string of the molecule is Cc1ccc(CC(=O)S)cc1. The number of rotatable bonds is 2. The average Bonchev–Trinajstić information content (AvgIpc) is 1.93. The molecule has 1 aromatic rings. The molecular formula is C9H10OS. The summed E-state index contributed by atoms with van der Waals surface area (Å²) in [5, 5.41) is -0.0890. The number of aryl methyl sites for hydroxylation is 1. The predicted octanol–water partition coefficient (Wildman–Crippen LogP) is 1.99. The smallest absolute Gasteiger partial charge is 0.190 e. The van der Waals surface area contributed by atoms with Crippen LogP contribution >= 0.6 is 12.6 Å². The molecule has 0 unspecified atom stereocenters. The van der Waals surface area contributed by atoms with Crippen LogP contribution in [0.4, 0.5) is 0 Å². The summed E-state index contributed by atoms with van der Waals surface area (Å²) in [6.07, 6.45) is 0.420. The molecule has 0 bridgehead atoms. The zero-order valence-corrected chi connectivity index (χ0v) is 7.27. The van der Waals surface area contributed by atoms with E-state index in [0.29, 0.717) is 6.42 Å². The maximum Gasteiger partial charge on any atom is 0.190 e. The van der Waals surface area contributed by atoms with Crippen LogP contribution in [0, 0.1) is 6.92 Å². The van der Waals surface area contributed by atoms with E-state index in [1.807, 2.05) is 31.2 Å². The van der Waals surface area contributed by atoms with Crippen LogP contribution in [-0.2, 0) is 11.2 Å². The van der Waals surface area contributed by atoms with Crippen molar-refractivity contribution in [3.8, 4) is 0 Å². The minimum Gasteiger partial charge on any atom is -0.287 e. The highest BCUT2D eigenvalue weighted by atomic mass is 32.1. The van der Waals surface area contributed by atoms with Crippen molar-refractivity contribution in [3.05, 3.63) is 35.4 Å². The fourth-order valence-electron chi connectivity index (χ4n) is 0.881. The molecule has 0 saturated carbocycles. The quantitative estimate of drug-likeness (QED) is 0.665. The number of hydrogen-bond acceptors (Lipinski definition) is 1. The fraction of sp³-hybridized carbons (Fsp3) is 0.222. The third kappa shape index (κ3) is 2.76. The molecule has 0 amide bonds. The Labute approximate surface area is 71.8 Å². The van der Waals surface area contributed by atoms with Gasteiger partial charge in [0.1, 0.15) is 0 Å². The normalized spacial score (nSPS) is 9.64. The van der Waals surface area contributed by atoms with E-state index in [1.54, 1.807) is 0 Å². The molecule has 0 atom stereocenters. The lowest BCUT2D eigenvalue weighted by Gasteiger charge is -1.96. The Balaban J connectivity index is 2.74. The van der Waals surface area contributed by atoms with E-state index in [1.165, 1.54) is 5.56 Å². The molecule has 1 aromatic carbocycles. The first-order valence-corrected chi connectivity index (χ1v) is 3.90. The fourth-order valence-corrected chi connectivity index (χ4v) is 1.06. The molecule has 1 rings (SSSR count). The Bertz CT molecular complexity index is 251. The first kappa shape index (κ1) is 8.34. The number of carbonyl (C=O) groups excluding carboxylic acids is 1. The molecule has 0 radical (unpaired) electrons. The standard InChI is InChI=1S/C9H10OS/c1-7-2-4-8(5-3-7)6-9(10)11/h2-5H,6H2,1H3,(H,10,11). The minimum atomic E-state index is -0.0890. The van der Waals surface area contributed by atoms with E-state index >= 15 is 0 Å². The van der Waals surface area contributed by atoms with Crippen LogP contribution in [-0.4, -0.2) is 5.12 Å². The molecule has 0 aliphatic carbocycles. The Morgan fingerprint density at radius 1 is 1.36 bits per heavy atom. The molecule has 2 heteroatoms. The molecule has 0 aromatic heterocycles. The zero-order valence-electron chi connectivity index (χ0n) is 6.37. The maximum absolute atomic E-state index is 10.6. The molecule has 0 aliphatic heterocycles. The van der Waals surface area contributed by atoms with E-state index in [0.717, 1.165) is 5.56 Å². The van der Waals surface area contributed by atoms with Crippen LogP contribution in [0.2, 0.25) is 0 Å². The van der Waals surface area contributed by atoms with Crippen molar-refractivity contribution in [2.75, 3.05) is 0 Å². The Hall–Kier alpha value is -0.760. The van der Waals surface area contributed by atoms with E-state index in [-0.39, 0.29) is 5.12 Å². The molecule has 0 heterocycles. The molecular weight excluding hydrogens is 156 g/mol. The largest absolute Gasteiger partial charge is 0.287 e. The Kier molecular flexibility index (Phi) is 2.71. The van der Waals surface area contributed by atoms with Crippen LogP contribution in [0.5, 0.6) is 0 Å². The third-order valence-electron chi connectivity index (χ3n) is 1.48. The lowest BCUT2D eigenvalue weighted by atomic mass is 10.1. The van der Waals surface area contributed by atoms with Crippen LogP contribution in [0.15, 0.2) is 24.3 Å². The summed E-state index contributed by atoms with van der Waals surface area (Å²) in [4.78, 5) is 10.6. The minimum absolute atomic E-state index is 0.0890. The van der Waals surface area contributed by atoms with Gasteiger partial charge in [0.15, 0.2) is 5.12 Å². The molecule has 0 N–H and O–H groups in total. The van der Waals surface area contributed by atoms with E-state index in [4.69, 9.17) is 0 Å². The second-order valence-electron chi connectivity index (χ2n) is 2.56. The number of hydrogen-bond donors (Lipinski definition) is 1. The van der Waals surface area contributed by atoms with E-state index in [9.17, 15) is 4.79 Å². The summed E-state index contributed by atoms with van der Waals surface area (Å²) in [7, 11) is 0. The molecule has 0 fully saturated rings. The van der Waals surface area contributed by atoms with Gasteiger partial charge >= 0.3 is 0 Å². The van der Waals surface area contributed by atoms with E-state index in [2.05, 4.69) is 12.6 Å².